The summed E-state index contributed by atoms with van der Waals surface area (Å²) in [6, 6.07) is 19.0. The number of carbonyl (C=O) groups excluding carboxylic acids is 2. The van der Waals surface area contributed by atoms with Crippen molar-refractivity contribution in [3.63, 3.8) is 0 Å². The molecule has 3 aromatic carbocycles. The fraction of sp³-hybridized carbons (Fsp3) is 0.167. The van der Waals surface area contributed by atoms with Gasteiger partial charge in [0, 0.05) is 16.8 Å². The van der Waals surface area contributed by atoms with E-state index in [1.807, 2.05) is 18.2 Å². The van der Waals surface area contributed by atoms with Crippen LogP contribution in [0.1, 0.15) is 26.9 Å². The molecule has 0 aromatic heterocycles. The number of hydrogen-bond acceptors (Lipinski definition) is 4. The van der Waals surface area contributed by atoms with Crippen molar-refractivity contribution in [1.82, 2.24) is 0 Å². The molecule has 4 rings (SSSR count). The summed E-state index contributed by atoms with van der Waals surface area (Å²) in [5.74, 6) is 0.322. The Morgan fingerprint density at radius 2 is 1.87 bits per heavy atom. The molecule has 0 spiro atoms. The summed E-state index contributed by atoms with van der Waals surface area (Å²) in [6.45, 7) is 1.67. The minimum absolute atomic E-state index is 0.0728. The van der Waals surface area contributed by atoms with E-state index in [1.54, 1.807) is 61.4 Å². The molecular formula is C24H21FN2O3S. The van der Waals surface area contributed by atoms with Gasteiger partial charge in [0.1, 0.15) is 16.9 Å². The van der Waals surface area contributed by atoms with Crippen LogP contribution < -0.4 is 15.0 Å². The number of methoxy groups -OCH3 is 1. The molecule has 1 saturated heterocycles. The van der Waals surface area contributed by atoms with Crippen LogP contribution in [-0.2, 0) is 4.79 Å². The Balaban J connectivity index is 1.58. The van der Waals surface area contributed by atoms with Gasteiger partial charge in [0.25, 0.3) is 5.91 Å². The highest BCUT2D eigenvalue weighted by molar-refractivity contribution is 8.00. The molecule has 7 heteroatoms. The molecule has 0 saturated carbocycles. The SMILES string of the molecule is COc1ccc(C(=O)Nc2cccc([C@@H]3SCC(=O)N3c3cccc(F)c3C)c2)cc1. The Morgan fingerprint density at radius 3 is 2.61 bits per heavy atom. The van der Waals surface area contributed by atoms with Gasteiger partial charge in [-0.05, 0) is 61.0 Å². The zero-order chi connectivity index (χ0) is 22.0. The highest BCUT2D eigenvalue weighted by Crippen LogP contribution is 2.43. The number of thioether (sulfide) groups is 1. The number of benzene rings is 3. The quantitative estimate of drug-likeness (QED) is 0.599. The van der Waals surface area contributed by atoms with Crippen molar-refractivity contribution in [3.8, 4) is 5.75 Å². The summed E-state index contributed by atoms with van der Waals surface area (Å²) in [6.07, 6.45) is 0. The van der Waals surface area contributed by atoms with Gasteiger partial charge in [-0.1, -0.05) is 18.2 Å². The number of ether oxygens (including phenoxy) is 1. The number of nitrogens with one attached hydrogen (secondary N) is 1. The van der Waals surface area contributed by atoms with Crippen molar-refractivity contribution in [1.29, 1.82) is 0 Å². The molecule has 0 aliphatic carbocycles. The highest BCUT2D eigenvalue weighted by atomic mass is 32.2. The molecule has 0 bridgehead atoms. The molecule has 1 fully saturated rings. The first-order valence-electron chi connectivity index (χ1n) is 9.72. The number of rotatable bonds is 5. The standard InChI is InChI=1S/C24H21FN2O3S/c1-15-20(25)7-4-8-21(15)27-22(28)14-31-24(27)17-5-3-6-18(13-17)26-23(29)16-9-11-19(30-2)12-10-16/h3-13,24H,14H2,1-2H3,(H,26,29)/t24-/m0/s1. The number of anilines is 2. The van der Waals surface area contributed by atoms with Crippen molar-refractivity contribution < 1.29 is 18.7 Å². The summed E-state index contributed by atoms with van der Waals surface area (Å²) in [7, 11) is 1.57. The van der Waals surface area contributed by atoms with Crippen LogP contribution in [0.15, 0.2) is 66.7 Å². The normalized spacial score (nSPS) is 15.8. The fourth-order valence-electron chi connectivity index (χ4n) is 3.50. The van der Waals surface area contributed by atoms with Crippen molar-refractivity contribution in [2.75, 3.05) is 23.1 Å². The lowest BCUT2D eigenvalue weighted by Crippen LogP contribution is -2.28. The Kier molecular flexibility index (Phi) is 5.95. The minimum Gasteiger partial charge on any atom is -0.497 e. The van der Waals surface area contributed by atoms with Gasteiger partial charge in [0.15, 0.2) is 0 Å². The molecule has 1 N–H and O–H groups in total. The van der Waals surface area contributed by atoms with E-state index in [9.17, 15) is 14.0 Å². The molecule has 1 heterocycles. The predicted octanol–water partition coefficient (Wildman–Crippen LogP) is 5.17. The number of hydrogen-bond donors (Lipinski definition) is 1. The van der Waals surface area contributed by atoms with Crippen LogP contribution in [0.2, 0.25) is 0 Å². The molecule has 1 aliphatic heterocycles. The molecular weight excluding hydrogens is 415 g/mol. The Labute approximate surface area is 184 Å². The van der Waals surface area contributed by atoms with Crippen LogP contribution in [0, 0.1) is 12.7 Å². The first-order chi connectivity index (χ1) is 15.0. The van der Waals surface area contributed by atoms with E-state index in [2.05, 4.69) is 5.32 Å². The maximum Gasteiger partial charge on any atom is 0.255 e. The largest absolute Gasteiger partial charge is 0.497 e. The molecule has 2 amide bonds. The number of amides is 2. The Morgan fingerprint density at radius 1 is 1.13 bits per heavy atom. The second kappa shape index (κ2) is 8.81. The third-order valence-electron chi connectivity index (χ3n) is 5.15. The zero-order valence-electron chi connectivity index (χ0n) is 17.1. The smallest absolute Gasteiger partial charge is 0.255 e. The summed E-state index contributed by atoms with van der Waals surface area (Å²) < 4.78 is 19.2. The monoisotopic (exact) mass is 436 g/mol. The summed E-state index contributed by atoms with van der Waals surface area (Å²) >= 11 is 1.48. The van der Waals surface area contributed by atoms with Crippen LogP contribution in [0.5, 0.6) is 5.75 Å². The van der Waals surface area contributed by atoms with Crippen molar-refractivity contribution in [3.05, 3.63) is 89.2 Å². The van der Waals surface area contributed by atoms with Gasteiger partial charge in [-0.15, -0.1) is 11.8 Å². The third-order valence-corrected chi connectivity index (χ3v) is 6.36. The minimum atomic E-state index is -0.346. The maximum atomic E-state index is 14.1. The lowest BCUT2D eigenvalue weighted by Gasteiger charge is -2.26. The maximum absolute atomic E-state index is 14.1. The van der Waals surface area contributed by atoms with Gasteiger partial charge in [-0.3, -0.25) is 14.5 Å². The van der Waals surface area contributed by atoms with Gasteiger partial charge in [-0.2, -0.15) is 0 Å². The van der Waals surface area contributed by atoms with E-state index in [0.717, 1.165) is 5.56 Å². The number of nitrogens with zero attached hydrogens (tertiary/aromatic N) is 1. The first kappa shape index (κ1) is 20.9. The zero-order valence-corrected chi connectivity index (χ0v) is 17.9. The van der Waals surface area contributed by atoms with Gasteiger partial charge in [-0.25, -0.2) is 4.39 Å². The molecule has 1 aliphatic rings. The third kappa shape index (κ3) is 4.27. The predicted molar refractivity (Wildman–Crippen MR) is 121 cm³/mol. The van der Waals surface area contributed by atoms with Crippen molar-refractivity contribution in [2.45, 2.75) is 12.3 Å². The molecule has 3 aromatic rings. The Bertz CT molecular complexity index is 1130. The average Bonchev–Trinajstić information content (AvgIpc) is 3.17. The number of halogens is 1. The van der Waals surface area contributed by atoms with Crippen molar-refractivity contribution in [2.24, 2.45) is 0 Å². The van der Waals surface area contributed by atoms with Gasteiger partial charge >= 0.3 is 0 Å². The topological polar surface area (TPSA) is 58.6 Å². The highest BCUT2D eigenvalue weighted by Gasteiger charge is 2.35. The molecule has 158 valence electrons. The summed E-state index contributed by atoms with van der Waals surface area (Å²) in [4.78, 5) is 26.9. The van der Waals surface area contributed by atoms with E-state index >= 15 is 0 Å². The van der Waals surface area contributed by atoms with E-state index in [0.29, 0.717) is 34.0 Å². The number of carbonyl (C=O) groups is 2. The van der Waals surface area contributed by atoms with Crippen LogP contribution >= 0.6 is 11.8 Å². The molecule has 1 atom stereocenters. The molecule has 31 heavy (non-hydrogen) atoms. The Hall–Kier alpha value is -3.32. The van der Waals surface area contributed by atoms with Gasteiger partial charge < -0.3 is 10.1 Å². The van der Waals surface area contributed by atoms with Crippen LogP contribution in [-0.4, -0.2) is 24.7 Å². The van der Waals surface area contributed by atoms with Crippen LogP contribution in [0.4, 0.5) is 15.8 Å². The lowest BCUT2D eigenvalue weighted by atomic mass is 10.1. The van der Waals surface area contributed by atoms with Crippen LogP contribution in [0.25, 0.3) is 0 Å². The van der Waals surface area contributed by atoms with E-state index < -0.39 is 0 Å². The molecule has 0 unspecified atom stereocenters. The first-order valence-corrected chi connectivity index (χ1v) is 10.8. The molecule has 5 nitrogen and oxygen atoms in total. The second-order valence-corrected chi connectivity index (χ2v) is 8.19. The van der Waals surface area contributed by atoms with E-state index in [-0.39, 0.29) is 23.0 Å². The van der Waals surface area contributed by atoms with Gasteiger partial charge in [0.2, 0.25) is 5.91 Å². The fourth-order valence-corrected chi connectivity index (χ4v) is 4.66. The van der Waals surface area contributed by atoms with E-state index in [4.69, 9.17) is 4.74 Å². The average molecular weight is 437 g/mol. The van der Waals surface area contributed by atoms with E-state index in [1.165, 1.54) is 17.8 Å². The summed E-state index contributed by atoms with van der Waals surface area (Å²) in [5.41, 5.74) is 2.98. The lowest BCUT2D eigenvalue weighted by molar-refractivity contribution is -0.115. The van der Waals surface area contributed by atoms with Crippen LogP contribution in [0.3, 0.4) is 0 Å². The van der Waals surface area contributed by atoms with Gasteiger partial charge in [0.05, 0.1) is 18.6 Å². The summed E-state index contributed by atoms with van der Waals surface area (Å²) in [5, 5.41) is 2.59. The second-order valence-electron chi connectivity index (χ2n) is 7.12. The molecule has 0 radical (unpaired) electrons. The van der Waals surface area contributed by atoms with Crippen molar-refractivity contribution >= 4 is 35.0 Å².